The van der Waals surface area contributed by atoms with Gasteiger partial charge in [-0.1, -0.05) is 18.2 Å². The molecule has 0 radical (unpaired) electrons. The van der Waals surface area contributed by atoms with Crippen LogP contribution in [0.15, 0.2) is 42.5 Å². The number of β-amino-alcohol motifs (C(OH)–C–C–N with tert-alkyl or cyclic N) is 1. The molecule has 1 N–H and O–H groups in total. The number of hydrogen-bond acceptors (Lipinski definition) is 5. The van der Waals surface area contributed by atoms with Crippen molar-refractivity contribution >= 4 is 17.3 Å². The second-order valence-corrected chi connectivity index (χ2v) is 8.17. The molecule has 2 heterocycles. The van der Waals surface area contributed by atoms with E-state index >= 15 is 0 Å². The normalized spacial score (nSPS) is 18.1. The lowest BCUT2D eigenvalue weighted by atomic mass is 9.97. The molecule has 0 saturated carbocycles. The third-order valence-corrected chi connectivity index (χ3v) is 6.21. The van der Waals surface area contributed by atoms with Crippen molar-refractivity contribution in [3.63, 3.8) is 0 Å². The summed E-state index contributed by atoms with van der Waals surface area (Å²) in [5.41, 5.74) is 4.28. The summed E-state index contributed by atoms with van der Waals surface area (Å²) in [4.78, 5) is 18.4. The van der Waals surface area contributed by atoms with E-state index in [1.165, 1.54) is 5.69 Å². The lowest BCUT2D eigenvalue weighted by Crippen LogP contribution is -2.47. The van der Waals surface area contributed by atoms with Gasteiger partial charge in [0, 0.05) is 63.6 Å². The summed E-state index contributed by atoms with van der Waals surface area (Å²) in [6.07, 6.45) is 1.41. The van der Waals surface area contributed by atoms with E-state index in [-0.39, 0.29) is 5.91 Å². The highest BCUT2D eigenvalue weighted by Gasteiger charge is 2.23. The summed E-state index contributed by atoms with van der Waals surface area (Å²) >= 11 is 0. The summed E-state index contributed by atoms with van der Waals surface area (Å²) in [6, 6.07) is 14.2. The van der Waals surface area contributed by atoms with Gasteiger partial charge in [-0.3, -0.25) is 9.69 Å². The Hall–Kier alpha value is -2.57. The van der Waals surface area contributed by atoms with Crippen LogP contribution in [-0.2, 0) is 11.2 Å². The number of methoxy groups -OCH3 is 1. The highest BCUT2D eigenvalue weighted by molar-refractivity contribution is 5.92. The number of nitrogens with zero attached hydrogens (tertiary/aromatic N) is 3. The molecular weight excluding hydrogens is 378 g/mol. The standard InChI is InChI=1S/C24H31N3O3/c1-18(28)27-10-4-5-19-15-20(8-9-23(19)27)24(29)17-25-11-13-26(14-12-25)21-6-3-7-22(16-21)30-2/h3,6-9,15-16,24,29H,4-5,10-14,17H2,1-2H3/t24-/m0/s1. The molecule has 160 valence electrons. The smallest absolute Gasteiger partial charge is 0.223 e. The Labute approximate surface area is 178 Å². The summed E-state index contributed by atoms with van der Waals surface area (Å²) in [6.45, 7) is 6.70. The zero-order valence-corrected chi connectivity index (χ0v) is 17.9. The minimum atomic E-state index is -0.522. The zero-order chi connectivity index (χ0) is 21.1. The summed E-state index contributed by atoms with van der Waals surface area (Å²) in [5, 5.41) is 10.8. The van der Waals surface area contributed by atoms with Crippen molar-refractivity contribution in [1.29, 1.82) is 0 Å². The highest BCUT2D eigenvalue weighted by Crippen LogP contribution is 2.30. The predicted octanol–water partition coefficient (Wildman–Crippen LogP) is 2.85. The Balaban J connectivity index is 1.36. The molecule has 6 nitrogen and oxygen atoms in total. The van der Waals surface area contributed by atoms with Crippen LogP contribution >= 0.6 is 0 Å². The van der Waals surface area contributed by atoms with Crippen LogP contribution in [0, 0.1) is 0 Å². The minimum absolute atomic E-state index is 0.0816. The first-order chi connectivity index (χ1) is 14.5. The molecule has 2 aliphatic rings. The van der Waals surface area contributed by atoms with Gasteiger partial charge < -0.3 is 19.6 Å². The molecule has 6 heteroatoms. The van der Waals surface area contributed by atoms with E-state index in [2.05, 4.69) is 28.0 Å². The number of aliphatic hydroxyl groups is 1. The SMILES string of the molecule is COc1cccc(N2CCN(C[C@H](O)c3ccc4c(c3)CCCN4C(C)=O)CC2)c1. The number of anilines is 2. The number of piperazine rings is 1. The average Bonchev–Trinajstić information content (AvgIpc) is 2.78. The third-order valence-electron chi connectivity index (χ3n) is 6.21. The maximum Gasteiger partial charge on any atom is 0.223 e. The zero-order valence-electron chi connectivity index (χ0n) is 17.9. The number of amides is 1. The molecule has 0 unspecified atom stereocenters. The molecule has 2 aliphatic heterocycles. The first kappa shape index (κ1) is 20.7. The molecule has 0 spiro atoms. The quantitative estimate of drug-likeness (QED) is 0.823. The molecule has 1 fully saturated rings. The van der Waals surface area contributed by atoms with Gasteiger partial charge in [-0.15, -0.1) is 0 Å². The second-order valence-electron chi connectivity index (χ2n) is 8.17. The maximum absolute atomic E-state index is 11.9. The van der Waals surface area contributed by atoms with E-state index in [0.717, 1.165) is 68.1 Å². The molecule has 1 atom stereocenters. The van der Waals surface area contributed by atoms with Crippen molar-refractivity contribution in [3.8, 4) is 5.75 Å². The first-order valence-electron chi connectivity index (χ1n) is 10.8. The van der Waals surface area contributed by atoms with Gasteiger partial charge in [0.1, 0.15) is 5.75 Å². The monoisotopic (exact) mass is 409 g/mol. The number of ether oxygens (including phenoxy) is 1. The second kappa shape index (κ2) is 9.06. The van der Waals surface area contributed by atoms with E-state index in [4.69, 9.17) is 4.74 Å². The summed E-state index contributed by atoms with van der Waals surface area (Å²) in [5.74, 6) is 0.958. The van der Waals surface area contributed by atoms with E-state index in [1.54, 1.807) is 14.0 Å². The average molecular weight is 410 g/mol. The van der Waals surface area contributed by atoms with Gasteiger partial charge in [-0.2, -0.15) is 0 Å². The van der Waals surface area contributed by atoms with Gasteiger partial charge >= 0.3 is 0 Å². The number of carbonyl (C=O) groups is 1. The van der Waals surface area contributed by atoms with Gasteiger partial charge in [0.2, 0.25) is 5.91 Å². The van der Waals surface area contributed by atoms with Crippen LogP contribution in [0.5, 0.6) is 5.75 Å². The fraction of sp³-hybridized carbons (Fsp3) is 0.458. The van der Waals surface area contributed by atoms with Crippen molar-refractivity contribution in [2.45, 2.75) is 25.9 Å². The third kappa shape index (κ3) is 4.45. The fourth-order valence-electron chi connectivity index (χ4n) is 4.50. The van der Waals surface area contributed by atoms with Gasteiger partial charge in [-0.05, 0) is 42.2 Å². The fourth-order valence-corrected chi connectivity index (χ4v) is 4.50. The molecule has 1 saturated heterocycles. The molecule has 2 aromatic carbocycles. The van der Waals surface area contributed by atoms with Crippen LogP contribution in [0.3, 0.4) is 0 Å². The predicted molar refractivity (Wildman–Crippen MR) is 119 cm³/mol. The molecule has 0 bridgehead atoms. The molecule has 1 amide bonds. The van der Waals surface area contributed by atoms with E-state index in [9.17, 15) is 9.90 Å². The Morgan fingerprint density at radius 1 is 1.10 bits per heavy atom. The number of aryl methyl sites for hydroxylation is 1. The molecule has 2 aromatic rings. The lowest BCUT2D eigenvalue weighted by molar-refractivity contribution is -0.116. The topological polar surface area (TPSA) is 56.2 Å². The minimum Gasteiger partial charge on any atom is -0.497 e. The van der Waals surface area contributed by atoms with Crippen molar-refractivity contribution in [2.24, 2.45) is 0 Å². The van der Waals surface area contributed by atoms with Crippen LogP contribution in [-0.4, -0.2) is 62.3 Å². The van der Waals surface area contributed by atoms with Gasteiger partial charge in [0.15, 0.2) is 0 Å². The van der Waals surface area contributed by atoms with Crippen LogP contribution in [0.25, 0.3) is 0 Å². The number of aliphatic hydroxyl groups excluding tert-OH is 1. The van der Waals surface area contributed by atoms with Gasteiger partial charge in [-0.25, -0.2) is 0 Å². The van der Waals surface area contributed by atoms with Crippen molar-refractivity contribution in [2.75, 3.05) is 56.2 Å². The molecule has 4 rings (SSSR count). The summed E-state index contributed by atoms with van der Waals surface area (Å²) < 4.78 is 5.34. The number of benzene rings is 2. The van der Waals surface area contributed by atoms with Crippen LogP contribution < -0.4 is 14.5 Å². The number of hydrogen-bond donors (Lipinski definition) is 1. The van der Waals surface area contributed by atoms with E-state index < -0.39 is 6.10 Å². The van der Waals surface area contributed by atoms with Crippen molar-refractivity contribution in [1.82, 2.24) is 4.90 Å². The largest absolute Gasteiger partial charge is 0.497 e. The maximum atomic E-state index is 11.9. The van der Waals surface area contributed by atoms with Crippen molar-refractivity contribution < 1.29 is 14.6 Å². The number of fused-ring (bicyclic) bond motifs is 1. The van der Waals surface area contributed by atoms with Crippen LogP contribution in [0.4, 0.5) is 11.4 Å². The Bertz CT molecular complexity index is 893. The summed E-state index contributed by atoms with van der Waals surface area (Å²) in [7, 11) is 1.69. The number of rotatable bonds is 5. The Morgan fingerprint density at radius 2 is 1.90 bits per heavy atom. The molecule has 0 aromatic heterocycles. The Morgan fingerprint density at radius 3 is 2.63 bits per heavy atom. The molecule has 0 aliphatic carbocycles. The Kier molecular flexibility index (Phi) is 6.25. The lowest BCUT2D eigenvalue weighted by Gasteiger charge is -2.37. The molecular formula is C24H31N3O3. The highest BCUT2D eigenvalue weighted by atomic mass is 16.5. The van der Waals surface area contributed by atoms with Gasteiger partial charge in [0.05, 0.1) is 13.2 Å². The van der Waals surface area contributed by atoms with E-state index in [1.807, 2.05) is 29.2 Å². The van der Waals surface area contributed by atoms with Crippen LogP contribution in [0.1, 0.15) is 30.6 Å². The first-order valence-corrected chi connectivity index (χ1v) is 10.8. The van der Waals surface area contributed by atoms with E-state index in [0.29, 0.717) is 6.54 Å². The van der Waals surface area contributed by atoms with Gasteiger partial charge in [0.25, 0.3) is 0 Å². The molecule has 30 heavy (non-hydrogen) atoms. The number of carbonyl (C=O) groups excluding carboxylic acids is 1. The van der Waals surface area contributed by atoms with Crippen molar-refractivity contribution in [3.05, 3.63) is 53.6 Å². The van der Waals surface area contributed by atoms with Crippen LogP contribution in [0.2, 0.25) is 0 Å².